The molecule has 3 aliphatic rings. The third-order valence-corrected chi connectivity index (χ3v) is 12.1. The minimum atomic E-state index is -0.795. The summed E-state index contributed by atoms with van der Waals surface area (Å²) in [6.45, 7) is 4.42. The van der Waals surface area contributed by atoms with Gasteiger partial charge in [0, 0.05) is 40.9 Å². The molecule has 5 N–H and O–H groups in total. The number of likely N-dealkylation sites (tertiary alicyclic amines) is 1. The third-order valence-electron chi connectivity index (χ3n) is 11.2. The number of carbonyl (C=O) groups is 3. The summed E-state index contributed by atoms with van der Waals surface area (Å²) < 4.78 is 8.73. The molecule has 3 fully saturated rings. The fraction of sp³-hybridized carbons (Fsp3) is 0.500. The fourth-order valence-corrected chi connectivity index (χ4v) is 9.15. The molecule has 3 heterocycles. The van der Waals surface area contributed by atoms with Gasteiger partial charge in [0.2, 0.25) is 17.7 Å². The lowest BCUT2D eigenvalue weighted by atomic mass is 10.0. The van der Waals surface area contributed by atoms with Crippen molar-refractivity contribution in [2.75, 3.05) is 11.9 Å². The number of hydrogen-bond acceptors (Lipinski definition) is 8. The number of nitrogens with one attached hydrogen (secondary N) is 1. The number of unbranched alkanes of at least 4 members (excludes halogenated alkanes) is 3. The lowest BCUT2D eigenvalue weighted by Gasteiger charge is -2.28. The molecule has 5 atom stereocenters. The van der Waals surface area contributed by atoms with Crippen molar-refractivity contribution < 1.29 is 19.1 Å². The summed E-state index contributed by atoms with van der Waals surface area (Å²) >= 11 is 1.67. The first-order valence-electron chi connectivity index (χ1n) is 19.7. The lowest BCUT2D eigenvalue weighted by Crippen LogP contribution is -2.49. The molecule has 2 aromatic heterocycles. The van der Waals surface area contributed by atoms with Gasteiger partial charge in [-0.05, 0) is 82.6 Å². The number of hydrogen-bond donors (Lipinski definition) is 3. The van der Waals surface area contributed by atoms with E-state index < -0.39 is 24.1 Å². The second-order valence-corrected chi connectivity index (χ2v) is 16.4. The van der Waals surface area contributed by atoms with Gasteiger partial charge in [-0.2, -0.15) is 4.98 Å². The molecule has 1 saturated heterocycles. The Labute approximate surface area is 321 Å². The van der Waals surface area contributed by atoms with E-state index in [2.05, 4.69) is 53.4 Å². The molecule has 0 unspecified atom stereocenters. The van der Waals surface area contributed by atoms with Crippen molar-refractivity contribution in [1.82, 2.24) is 19.4 Å². The van der Waals surface area contributed by atoms with Crippen LogP contribution >= 0.6 is 11.3 Å². The fourth-order valence-electron chi connectivity index (χ4n) is 8.22. The topological polar surface area (TPSA) is 158 Å². The Balaban J connectivity index is 1.05. The standard InChI is InChI=1S/C42H53N7O4S/c1-26(2)49-35-21-13-19-31(40-46-34(25-54-40)27-14-11-12-15-27)37(35)47-42(49)53-30-23-36(39(44)51)48(24-30)41(52)33(45-29-17-8-6-9-18-29)20-10-5-3-4-7-16-28-22-32(28)38(43)50/h6-9,13,16-19,21,25-28,30,32-33,36,45H,3-5,10-12,14-15,20,22-24H2,1-2H3,(H2,43,50)(H2,44,51)/b16-7-/t28-,30-,32+,33+,36+/m1/s1. The monoisotopic (exact) mass is 751 g/mol. The highest BCUT2D eigenvalue weighted by Crippen LogP contribution is 2.40. The van der Waals surface area contributed by atoms with Crippen LogP contribution in [0.5, 0.6) is 6.01 Å². The maximum absolute atomic E-state index is 14.3. The average molecular weight is 752 g/mol. The maximum Gasteiger partial charge on any atom is 0.297 e. The highest BCUT2D eigenvalue weighted by Gasteiger charge is 2.43. The summed E-state index contributed by atoms with van der Waals surface area (Å²) in [5.41, 5.74) is 16.1. The van der Waals surface area contributed by atoms with Gasteiger partial charge in [-0.3, -0.25) is 19.0 Å². The minimum absolute atomic E-state index is 0.00940. The molecule has 54 heavy (non-hydrogen) atoms. The Morgan fingerprint density at radius 3 is 2.50 bits per heavy atom. The number of nitrogens with two attached hydrogens (primary N) is 2. The van der Waals surface area contributed by atoms with Gasteiger partial charge in [-0.25, -0.2) is 4.98 Å². The number of imidazole rings is 1. The molecule has 2 aliphatic carbocycles. The van der Waals surface area contributed by atoms with E-state index in [1.54, 1.807) is 16.2 Å². The van der Waals surface area contributed by atoms with Crippen molar-refractivity contribution in [2.45, 2.75) is 115 Å². The SMILES string of the molecule is CC(C)n1c(O[C@@H]2C[C@@H](C(N)=O)N(C(=O)[C@H](CCCCC/C=C\[C@@H]3C[C@@H]3C(N)=O)Nc3ccccc3)C2)nc2c(-c3nc(C4CCCC4)cs3)cccc21. The summed E-state index contributed by atoms with van der Waals surface area (Å²) in [4.78, 5) is 50.3. The van der Waals surface area contributed by atoms with Crippen LogP contribution in [0.1, 0.15) is 102 Å². The first-order chi connectivity index (χ1) is 26.2. The molecule has 7 rings (SSSR count). The Bertz CT molecular complexity index is 1970. The number of anilines is 1. The number of aromatic nitrogens is 3. The van der Waals surface area contributed by atoms with Gasteiger partial charge in [0.05, 0.1) is 17.8 Å². The van der Waals surface area contributed by atoms with E-state index in [1.807, 2.05) is 36.4 Å². The van der Waals surface area contributed by atoms with Crippen LogP contribution in [0.15, 0.2) is 66.1 Å². The van der Waals surface area contributed by atoms with Crippen molar-refractivity contribution in [3.05, 3.63) is 71.8 Å². The average Bonchev–Trinajstić information content (AvgIpc) is 3.65. The van der Waals surface area contributed by atoms with Crippen LogP contribution in [0, 0.1) is 11.8 Å². The molecular formula is C42H53N7O4S. The van der Waals surface area contributed by atoms with E-state index in [-0.39, 0.29) is 42.7 Å². The smallest absolute Gasteiger partial charge is 0.297 e. The highest BCUT2D eigenvalue weighted by molar-refractivity contribution is 7.13. The van der Waals surface area contributed by atoms with Crippen LogP contribution in [-0.2, 0) is 14.4 Å². The predicted octanol–water partition coefficient (Wildman–Crippen LogP) is 7.34. The van der Waals surface area contributed by atoms with E-state index in [9.17, 15) is 14.4 Å². The Kier molecular flexibility index (Phi) is 11.7. The van der Waals surface area contributed by atoms with Gasteiger partial charge in [-0.15, -0.1) is 11.3 Å². The van der Waals surface area contributed by atoms with Crippen molar-refractivity contribution in [3.63, 3.8) is 0 Å². The van der Waals surface area contributed by atoms with Crippen LogP contribution in [0.25, 0.3) is 21.6 Å². The third kappa shape index (κ3) is 8.48. The van der Waals surface area contributed by atoms with Gasteiger partial charge in [0.25, 0.3) is 6.01 Å². The number of benzene rings is 2. The normalized spacial score (nSPS) is 22.0. The molecule has 3 amide bonds. The quantitative estimate of drug-likeness (QED) is 0.0752. The molecule has 11 nitrogen and oxygen atoms in total. The Morgan fingerprint density at radius 2 is 1.78 bits per heavy atom. The lowest BCUT2D eigenvalue weighted by molar-refractivity contribution is -0.138. The predicted molar refractivity (Wildman–Crippen MR) is 213 cm³/mol. The summed E-state index contributed by atoms with van der Waals surface area (Å²) in [5.74, 6) is -0.119. The van der Waals surface area contributed by atoms with Crippen LogP contribution < -0.4 is 21.5 Å². The number of fused-ring (bicyclic) bond motifs is 1. The van der Waals surface area contributed by atoms with E-state index in [0.717, 1.165) is 59.4 Å². The zero-order valence-electron chi connectivity index (χ0n) is 31.4. The molecule has 286 valence electrons. The number of ether oxygens (including phenoxy) is 1. The van der Waals surface area contributed by atoms with E-state index in [4.69, 9.17) is 26.2 Å². The van der Waals surface area contributed by atoms with Gasteiger partial charge >= 0.3 is 0 Å². The van der Waals surface area contributed by atoms with Gasteiger partial charge < -0.3 is 26.4 Å². The number of thiazole rings is 1. The second kappa shape index (κ2) is 16.8. The molecule has 2 saturated carbocycles. The second-order valence-electron chi connectivity index (χ2n) is 15.5. The summed E-state index contributed by atoms with van der Waals surface area (Å²) in [6, 6.07) is 15.0. The van der Waals surface area contributed by atoms with Crippen LogP contribution in [0.2, 0.25) is 0 Å². The molecule has 4 aromatic rings. The molecule has 0 spiro atoms. The molecule has 1 aliphatic heterocycles. The molecule has 12 heteroatoms. The summed E-state index contributed by atoms with van der Waals surface area (Å²) in [5, 5.41) is 6.60. The number of carbonyl (C=O) groups excluding carboxylic acids is 3. The molecule has 0 radical (unpaired) electrons. The first-order valence-corrected chi connectivity index (χ1v) is 20.6. The van der Waals surface area contributed by atoms with Crippen molar-refractivity contribution >= 4 is 45.8 Å². The zero-order chi connectivity index (χ0) is 37.8. The van der Waals surface area contributed by atoms with Crippen LogP contribution in [0.3, 0.4) is 0 Å². The number of amides is 3. The molecule has 0 bridgehead atoms. The van der Waals surface area contributed by atoms with E-state index in [0.29, 0.717) is 18.3 Å². The summed E-state index contributed by atoms with van der Waals surface area (Å²) in [7, 11) is 0. The van der Waals surface area contributed by atoms with Crippen molar-refractivity contribution in [2.24, 2.45) is 23.3 Å². The van der Waals surface area contributed by atoms with Crippen LogP contribution in [-0.4, -0.2) is 61.9 Å². The number of allylic oxidation sites excluding steroid dienone is 2. The highest BCUT2D eigenvalue weighted by atomic mass is 32.1. The van der Waals surface area contributed by atoms with Gasteiger partial charge in [0.1, 0.15) is 28.7 Å². The van der Waals surface area contributed by atoms with Crippen molar-refractivity contribution in [3.8, 4) is 16.6 Å². The first kappa shape index (κ1) is 37.6. The minimum Gasteiger partial charge on any atom is -0.459 e. The summed E-state index contributed by atoms with van der Waals surface area (Å²) in [6.07, 6.45) is 14.1. The largest absolute Gasteiger partial charge is 0.459 e. The van der Waals surface area contributed by atoms with E-state index in [1.165, 1.54) is 31.4 Å². The number of rotatable bonds is 17. The van der Waals surface area contributed by atoms with Gasteiger partial charge in [0.15, 0.2) is 0 Å². The van der Waals surface area contributed by atoms with Crippen LogP contribution in [0.4, 0.5) is 5.69 Å². The Morgan fingerprint density at radius 1 is 0.981 bits per heavy atom. The van der Waals surface area contributed by atoms with Gasteiger partial charge in [-0.1, -0.05) is 62.1 Å². The zero-order valence-corrected chi connectivity index (χ0v) is 32.2. The maximum atomic E-state index is 14.3. The molecular weight excluding hydrogens is 699 g/mol. The number of para-hydroxylation sites is 2. The Hall–Kier alpha value is -4.71. The molecule has 2 aromatic carbocycles. The van der Waals surface area contributed by atoms with E-state index >= 15 is 0 Å². The number of primary amides is 2. The number of nitrogens with zero attached hydrogens (tertiary/aromatic N) is 4. The van der Waals surface area contributed by atoms with Crippen molar-refractivity contribution in [1.29, 1.82) is 0 Å².